The van der Waals surface area contributed by atoms with Crippen LogP contribution in [0.15, 0.2) is 154 Å². The zero-order valence-corrected chi connectivity index (χ0v) is 38.8. The summed E-state index contributed by atoms with van der Waals surface area (Å²) in [6.07, 6.45) is 0. The topological polar surface area (TPSA) is 56.1 Å². The molecule has 0 fully saturated rings. The van der Waals surface area contributed by atoms with Crippen LogP contribution >= 0.6 is 0 Å². The molecule has 1 aliphatic carbocycles. The molecule has 5 nitrogen and oxygen atoms in total. The number of furan rings is 1. The molecule has 0 atom stereocenters. The van der Waals surface area contributed by atoms with Gasteiger partial charge in [0.25, 0.3) is 0 Å². The number of anilines is 2. The zero-order chi connectivity index (χ0) is 45.0. The molecule has 0 unspecified atom stereocenters. The molecule has 0 bridgehead atoms. The van der Waals surface area contributed by atoms with Crippen molar-refractivity contribution in [1.29, 1.82) is 0 Å². The number of fused-ring (bicyclic) bond motifs is 13. The molecule has 6 heteroatoms. The van der Waals surface area contributed by atoms with Crippen molar-refractivity contribution in [1.82, 2.24) is 9.55 Å². The molecule has 3 aromatic heterocycles. The van der Waals surface area contributed by atoms with E-state index in [2.05, 4.69) is 193 Å². The van der Waals surface area contributed by atoms with Crippen LogP contribution in [0.3, 0.4) is 0 Å². The number of nitrogens with one attached hydrogen (secondary N) is 1. The lowest BCUT2D eigenvalue weighted by Crippen LogP contribution is -2.38. The number of hydrogen-bond donors (Lipinski definition) is 1. The highest BCUT2D eigenvalue weighted by Crippen LogP contribution is 2.57. The second kappa shape index (κ2) is 13.4. The van der Waals surface area contributed by atoms with Crippen LogP contribution in [0.1, 0.15) is 77.6 Å². The summed E-state index contributed by atoms with van der Waals surface area (Å²) in [7, 11) is 0.715. The number of para-hydroxylation sites is 1. The van der Waals surface area contributed by atoms with Gasteiger partial charge in [0.15, 0.2) is 12.9 Å². The van der Waals surface area contributed by atoms with Crippen LogP contribution in [-0.4, -0.2) is 16.8 Å². The zero-order valence-electron chi connectivity index (χ0n) is 38.8. The molecule has 4 heterocycles. The Morgan fingerprint density at radius 2 is 1.33 bits per heavy atom. The van der Waals surface area contributed by atoms with Crippen LogP contribution in [0.4, 0.5) is 11.4 Å². The second-order valence-electron chi connectivity index (χ2n) is 21.3. The van der Waals surface area contributed by atoms with E-state index < -0.39 is 0 Å². The van der Waals surface area contributed by atoms with Crippen molar-refractivity contribution in [2.75, 3.05) is 5.32 Å². The average Bonchev–Trinajstić information content (AvgIpc) is 4.04. The Morgan fingerprint density at radius 1 is 0.606 bits per heavy atom. The first kappa shape index (κ1) is 39.1. The number of nitrogens with zero attached hydrogens (tertiary/aromatic N) is 2. The maximum absolute atomic E-state index is 6.66. The summed E-state index contributed by atoms with van der Waals surface area (Å²) < 4.78 is 15.8. The van der Waals surface area contributed by atoms with Gasteiger partial charge in [-0.15, -0.1) is 0 Å². The van der Waals surface area contributed by atoms with Crippen LogP contribution in [0, 0.1) is 0 Å². The molecule has 2 aliphatic rings. The summed E-state index contributed by atoms with van der Waals surface area (Å²) in [5.41, 5.74) is 22.6. The smallest absolute Gasteiger partial charge is 0.227 e. The van der Waals surface area contributed by atoms with Crippen molar-refractivity contribution < 1.29 is 8.83 Å². The van der Waals surface area contributed by atoms with E-state index in [4.69, 9.17) is 13.8 Å². The summed E-state index contributed by atoms with van der Waals surface area (Å²) in [5.74, 6) is 0.632. The number of hydrogen-bond acceptors (Lipinski definition) is 4. The van der Waals surface area contributed by atoms with E-state index in [1.807, 2.05) is 18.2 Å². The minimum Gasteiger partial charge on any atom is -0.456 e. The van der Waals surface area contributed by atoms with Gasteiger partial charge in [-0.2, -0.15) is 0 Å². The standard InChI is InChI=1S/C60H50BN3O2/c1-58(2,3)34-22-25-36(26-23-34)62-44-31-49-39(37-18-13-15-21-48(37)65-49)29-40(44)52-51-38-19-12-14-20-42(38)60(7,8)54(51)53-41-28-35(59(4,5)6)24-27-46(41)64-47-32-50-45(30-43(47)61-55(52)56(53)64)63-57(66-50)33-16-10-9-11-17-33/h9-32,61-62H,1-8H3. The fourth-order valence-electron chi connectivity index (χ4n) is 11.4. The summed E-state index contributed by atoms with van der Waals surface area (Å²) in [4.78, 5) is 5.11. The van der Waals surface area contributed by atoms with Gasteiger partial charge in [0.1, 0.15) is 16.7 Å². The van der Waals surface area contributed by atoms with E-state index in [0.717, 1.165) is 61.2 Å². The number of aromatic nitrogens is 2. The fourth-order valence-corrected chi connectivity index (χ4v) is 11.4. The third-order valence-electron chi connectivity index (χ3n) is 14.7. The van der Waals surface area contributed by atoms with Crippen LogP contribution in [-0.2, 0) is 16.2 Å². The van der Waals surface area contributed by atoms with Crippen molar-refractivity contribution in [2.45, 2.75) is 71.6 Å². The van der Waals surface area contributed by atoms with Gasteiger partial charge in [-0.3, -0.25) is 0 Å². The second-order valence-corrected chi connectivity index (χ2v) is 21.3. The SMILES string of the molecule is CC(C)(C)c1ccc(Nc2cc3oc4ccccc4c3cc2-c2c3c(c4c5cc(C(C)(C)C)ccc5n5c4c2Bc2cc4nc(-c6ccccc6)oc4cc2-5)C(C)(C)c2ccccc2-3)cc1. The summed E-state index contributed by atoms with van der Waals surface area (Å²) in [6.45, 7) is 18.6. The number of rotatable bonds is 4. The minimum atomic E-state index is -0.307. The third-order valence-corrected chi connectivity index (χ3v) is 14.7. The predicted octanol–water partition coefficient (Wildman–Crippen LogP) is 14.5. The Morgan fingerprint density at radius 3 is 2.12 bits per heavy atom. The Bertz CT molecular complexity index is 3850. The van der Waals surface area contributed by atoms with Crippen LogP contribution < -0.4 is 16.2 Å². The molecule has 0 amide bonds. The molecule has 66 heavy (non-hydrogen) atoms. The van der Waals surface area contributed by atoms with E-state index in [9.17, 15) is 0 Å². The van der Waals surface area contributed by atoms with Crippen molar-refractivity contribution in [3.8, 4) is 39.4 Å². The molecule has 1 N–H and O–H groups in total. The van der Waals surface area contributed by atoms with E-state index in [0.29, 0.717) is 13.2 Å². The maximum atomic E-state index is 6.66. The summed E-state index contributed by atoms with van der Waals surface area (Å²) >= 11 is 0. The van der Waals surface area contributed by atoms with Crippen molar-refractivity contribution in [3.63, 3.8) is 0 Å². The van der Waals surface area contributed by atoms with Gasteiger partial charge in [-0.25, -0.2) is 4.98 Å². The van der Waals surface area contributed by atoms with E-state index >= 15 is 0 Å². The van der Waals surface area contributed by atoms with Gasteiger partial charge in [-0.1, -0.05) is 140 Å². The molecular formula is C60H50BN3O2. The molecule has 11 aromatic rings. The Labute approximate surface area is 385 Å². The molecule has 0 saturated carbocycles. The summed E-state index contributed by atoms with van der Waals surface area (Å²) in [6, 6.07) is 53.1. The lowest BCUT2D eigenvalue weighted by molar-refractivity contribution is 0.590. The Balaban J connectivity index is 1.19. The number of oxazole rings is 1. The van der Waals surface area contributed by atoms with Gasteiger partial charge >= 0.3 is 0 Å². The molecular weight excluding hydrogens is 805 g/mol. The van der Waals surface area contributed by atoms with Gasteiger partial charge < -0.3 is 18.7 Å². The lowest BCUT2D eigenvalue weighted by atomic mass is 9.57. The minimum absolute atomic E-state index is 0.0404. The first-order valence-corrected chi connectivity index (χ1v) is 23.3. The average molecular weight is 856 g/mol. The monoisotopic (exact) mass is 855 g/mol. The van der Waals surface area contributed by atoms with E-state index in [1.165, 1.54) is 71.7 Å². The maximum Gasteiger partial charge on any atom is 0.227 e. The van der Waals surface area contributed by atoms with Crippen molar-refractivity contribution in [3.05, 3.63) is 168 Å². The quantitative estimate of drug-likeness (QED) is 0.179. The lowest BCUT2D eigenvalue weighted by Gasteiger charge is -2.28. The third kappa shape index (κ3) is 5.57. The largest absolute Gasteiger partial charge is 0.456 e. The highest BCUT2D eigenvalue weighted by Gasteiger charge is 2.43. The van der Waals surface area contributed by atoms with Crippen molar-refractivity contribution in [2.24, 2.45) is 0 Å². The molecule has 1 aliphatic heterocycles. The molecule has 320 valence electrons. The highest BCUT2D eigenvalue weighted by molar-refractivity contribution is 6.74. The van der Waals surface area contributed by atoms with Crippen LogP contribution in [0.5, 0.6) is 0 Å². The molecule has 0 spiro atoms. The predicted molar refractivity (Wildman–Crippen MR) is 278 cm³/mol. The Hall–Kier alpha value is -7.31. The van der Waals surface area contributed by atoms with Gasteiger partial charge in [0.05, 0.1) is 11.2 Å². The van der Waals surface area contributed by atoms with Gasteiger partial charge in [0.2, 0.25) is 5.89 Å². The molecule has 8 aromatic carbocycles. The Kier molecular flexibility index (Phi) is 7.93. The van der Waals surface area contributed by atoms with E-state index in [-0.39, 0.29) is 16.2 Å². The van der Waals surface area contributed by atoms with Crippen LogP contribution in [0.25, 0.3) is 94.2 Å². The number of benzene rings is 8. The van der Waals surface area contributed by atoms with Crippen LogP contribution in [0.2, 0.25) is 0 Å². The molecule has 0 saturated heterocycles. The molecule has 0 radical (unpaired) electrons. The first-order valence-electron chi connectivity index (χ1n) is 23.3. The first-order chi connectivity index (χ1) is 31.7. The van der Waals surface area contributed by atoms with Crippen molar-refractivity contribution >= 4 is 84.4 Å². The van der Waals surface area contributed by atoms with Gasteiger partial charge in [-0.05, 0) is 110 Å². The van der Waals surface area contributed by atoms with E-state index in [1.54, 1.807) is 0 Å². The molecule has 13 rings (SSSR count). The normalized spacial score (nSPS) is 14.0. The fraction of sp³-hybridized carbons (Fsp3) is 0.183. The summed E-state index contributed by atoms with van der Waals surface area (Å²) in [5, 5.41) is 8.81. The highest BCUT2D eigenvalue weighted by atomic mass is 16.3. The van der Waals surface area contributed by atoms with Gasteiger partial charge in [0, 0.05) is 67.1 Å².